The van der Waals surface area contributed by atoms with Gasteiger partial charge < -0.3 is 14.4 Å². The van der Waals surface area contributed by atoms with Gasteiger partial charge in [-0.25, -0.2) is 4.79 Å². The van der Waals surface area contributed by atoms with Crippen LogP contribution in [-0.2, 0) is 11.2 Å². The summed E-state index contributed by atoms with van der Waals surface area (Å²) in [6, 6.07) is 6.39. The van der Waals surface area contributed by atoms with Gasteiger partial charge in [0.1, 0.15) is 5.75 Å². The maximum atomic E-state index is 12.1. The average molecular weight is 317 g/mol. The lowest BCUT2D eigenvalue weighted by molar-refractivity contribution is 0.0889. The highest BCUT2D eigenvalue weighted by Crippen LogP contribution is 2.33. The molecule has 2 fully saturated rings. The molecular weight excluding hydrogens is 290 g/mol. The molecule has 0 unspecified atom stereocenters. The molecule has 1 aromatic carbocycles. The van der Waals surface area contributed by atoms with E-state index in [1.165, 1.54) is 24.0 Å². The molecule has 1 saturated heterocycles. The summed E-state index contributed by atoms with van der Waals surface area (Å²) in [5.74, 6) is 2.08. The van der Waals surface area contributed by atoms with Crippen LogP contribution in [0.1, 0.15) is 49.7 Å². The van der Waals surface area contributed by atoms with E-state index >= 15 is 0 Å². The fraction of sp³-hybridized carbons (Fsp3) is 0.632. The summed E-state index contributed by atoms with van der Waals surface area (Å²) in [5.41, 5.74) is 2.78. The van der Waals surface area contributed by atoms with Gasteiger partial charge in [0.25, 0.3) is 0 Å². The van der Waals surface area contributed by atoms with Gasteiger partial charge in [-0.1, -0.05) is 13.0 Å². The molecule has 4 nitrogen and oxygen atoms in total. The van der Waals surface area contributed by atoms with Crippen molar-refractivity contribution < 1.29 is 14.3 Å². The fourth-order valence-corrected chi connectivity index (χ4v) is 3.35. The summed E-state index contributed by atoms with van der Waals surface area (Å²) in [6.45, 7) is 4.38. The van der Waals surface area contributed by atoms with Crippen LogP contribution in [0.5, 0.6) is 5.75 Å². The van der Waals surface area contributed by atoms with Crippen molar-refractivity contribution in [3.05, 3.63) is 29.3 Å². The highest BCUT2D eigenvalue weighted by molar-refractivity contribution is 5.67. The van der Waals surface area contributed by atoms with E-state index in [-0.39, 0.29) is 6.09 Å². The molecule has 23 heavy (non-hydrogen) atoms. The van der Waals surface area contributed by atoms with Crippen molar-refractivity contribution in [2.75, 3.05) is 26.8 Å². The third-order valence-corrected chi connectivity index (χ3v) is 5.06. The average Bonchev–Trinajstić information content (AvgIpc) is 3.43. The van der Waals surface area contributed by atoms with E-state index in [2.05, 4.69) is 19.1 Å². The topological polar surface area (TPSA) is 38.8 Å². The van der Waals surface area contributed by atoms with Crippen LogP contribution in [0.25, 0.3) is 0 Å². The summed E-state index contributed by atoms with van der Waals surface area (Å²) in [6.07, 6.45) is 5.34. The third-order valence-electron chi connectivity index (χ3n) is 5.06. The summed E-state index contributed by atoms with van der Waals surface area (Å²) >= 11 is 0. The SMILES string of the molecule is CCc1cc(OC)ccc1C1CCN(C(=O)OCC2CC2)CC1. The lowest BCUT2D eigenvalue weighted by Crippen LogP contribution is -2.38. The minimum Gasteiger partial charge on any atom is -0.497 e. The number of carbonyl (C=O) groups excluding carboxylic acids is 1. The Labute approximate surface area is 138 Å². The minimum atomic E-state index is -0.124. The number of benzene rings is 1. The highest BCUT2D eigenvalue weighted by atomic mass is 16.6. The van der Waals surface area contributed by atoms with Crippen LogP contribution in [-0.4, -0.2) is 37.8 Å². The van der Waals surface area contributed by atoms with Crippen LogP contribution in [0.15, 0.2) is 18.2 Å². The van der Waals surface area contributed by atoms with Crippen molar-refractivity contribution in [1.82, 2.24) is 4.90 Å². The first-order valence-electron chi connectivity index (χ1n) is 8.79. The standard InChI is InChI=1S/C19H27NO3/c1-3-15-12-17(22-2)6-7-18(15)16-8-10-20(11-9-16)19(21)23-13-14-4-5-14/h6-7,12,14,16H,3-5,8-11,13H2,1-2H3. The summed E-state index contributed by atoms with van der Waals surface area (Å²) < 4.78 is 10.7. The van der Waals surface area contributed by atoms with E-state index in [1.54, 1.807) is 7.11 Å². The number of hydrogen-bond donors (Lipinski definition) is 0. The van der Waals surface area contributed by atoms with Gasteiger partial charge in [-0.05, 0) is 67.2 Å². The number of rotatable bonds is 5. The Kier molecular flexibility index (Phi) is 5.09. The van der Waals surface area contributed by atoms with Gasteiger partial charge in [0.2, 0.25) is 0 Å². The van der Waals surface area contributed by atoms with Gasteiger partial charge in [0.15, 0.2) is 0 Å². The molecular formula is C19H27NO3. The Hall–Kier alpha value is -1.71. The molecule has 126 valence electrons. The second kappa shape index (κ2) is 7.24. The molecule has 1 heterocycles. The molecule has 1 aromatic rings. The summed E-state index contributed by atoms with van der Waals surface area (Å²) in [5, 5.41) is 0. The predicted octanol–water partition coefficient (Wildman–Crippen LogP) is 3.98. The normalized spacial score (nSPS) is 18.8. The van der Waals surface area contributed by atoms with Crippen molar-refractivity contribution in [1.29, 1.82) is 0 Å². The Balaban J connectivity index is 1.56. The first-order chi connectivity index (χ1) is 11.2. The zero-order valence-corrected chi connectivity index (χ0v) is 14.2. The molecule has 0 aromatic heterocycles. The van der Waals surface area contributed by atoms with Gasteiger partial charge in [0.05, 0.1) is 13.7 Å². The van der Waals surface area contributed by atoms with Crippen LogP contribution < -0.4 is 4.74 Å². The third kappa shape index (κ3) is 3.98. The Morgan fingerprint density at radius 1 is 1.22 bits per heavy atom. The van der Waals surface area contributed by atoms with Gasteiger partial charge in [-0.15, -0.1) is 0 Å². The number of ether oxygens (including phenoxy) is 2. The highest BCUT2D eigenvalue weighted by Gasteiger charge is 2.28. The molecule has 1 aliphatic heterocycles. The van der Waals surface area contributed by atoms with Crippen LogP contribution in [0.2, 0.25) is 0 Å². The van der Waals surface area contributed by atoms with Crippen molar-refractivity contribution in [2.24, 2.45) is 5.92 Å². The van der Waals surface area contributed by atoms with Gasteiger partial charge in [-0.2, -0.15) is 0 Å². The first kappa shape index (κ1) is 16.2. The summed E-state index contributed by atoms with van der Waals surface area (Å²) in [7, 11) is 1.71. The monoisotopic (exact) mass is 317 g/mol. The van der Waals surface area contributed by atoms with Gasteiger partial charge in [0, 0.05) is 13.1 Å². The zero-order valence-electron chi connectivity index (χ0n) is 14.2. The Bertz CT molecular complexity index is 546. The van der Waals surface area contributed by atoms with E-state index in [0.717, 1.165) is 38.1 Å². The molecule has 0 spiro atoms. The number of aryl methyl sites for hydroxylation is 1. The van der Waals surface area contributed by atoms with Gasteiger partial charge >= 0.3 is 6.09 Å². The van der Waals surface area contributed by atoms with Crippen molar-refractivity contribution in [2.45, 2.75) is 44.9 Å². The Morgan fingerprint density at radius 3 is 2.57 bits per heavy atom. The number of piperidine rings is 1. The molecule has 0 radical (unpaired) electrons. The van der Waals surface area contributed by atoms with E-state index in [1.807, 2.05) is 11.0 Å². The molecule has 1 aliphatic carbocycles. The van der Waals surface area contributed by atoms with Gasteiger partial charge in [-0.3, -0.25) is 0 Å². The molecule has 0 bridgehead atoms. The second-order valence-corrected chi connectivity index (χ2v) is 6.70. The molecule has 2 aliphatic rings. The summed E-state index contributed by atoms with van der Waals surface area (Å²) in [4.78, 5) is 13.9. The molecule has 0 atom stereocenters. The van der Waals surface area contributed by atoms with E-state index in [0.29, 0.717) is 18.4 Å². The molecule has 1 saturated carbocycles. The predicted molar refractivity (Wildman–Crippen MR) is 90.0 cm³/mol. The largest absolute Gasteiger partial charge is 0.497 e. The lowest BCUT2D eigenvalue weighted by Gasteiger charge is -2.32. The quantitative estimate of drug-likeness (QED) is 0.824. The number of amides is 1. The second-order valence-electron chi connectivity index (χ2n) is 6.70. The molecule has 0 N–H and O–H groups in total. The van der Waals surface area contributed by atoms with E-state index < -0.39 is 0 Å². The number of nitrogens with zero attached hydrogens (tertiary/aromatic N) is 1. The maximum absolute atomic E-state index is 12.1. The van der Waals surface area contributed by atoms with Crippen LogP contribution in [0.3, 0.4) is 0 Å². The number of likely N-dealkylation sites (tertiary alicyclic amines) is 1. The Morgan fingerprint density at radius 2 is 1.96 bits per heavy atom. The van der Waals surface area contributed by atoms with Crippen LogP contribution in [0, 0.1) is 5.92 Å². The molecule has 4 heteroatoms. The zero-order chi connectivity index (χ0) is 16.2. The van der Waals surface area contributed by atoms with E-state index in [4.69, 9.17) is 9.47 Å². The molecule has 3 rings (SSSR count). The van der Waals surface area contributed by atoms with Crippen molar-refractivity contribution in [3.8, 4) is 5.75 Å². The molecule has 1 amide bonds. The van der Waals surface area contributed by atoms with Crippen LogP contribution >= 0.6 is 0 Å². The maximum Gasteiger partial charge on any atom is 0.409 e. The van der Waals surface area contributed by atoms with Crippen LogP contribution in [0.4, 0.5) is 4.79 Å². The number of methoxy groups -OCH3 is 1. The fourth-order valence-electron chi connectivity index (χ4n) is 3.35. The minimum absolute atomic E-state index is 0.124. The lowest BCUT2D eigenvalue weighted by atomic mass is 9.86. The number of carbonyl (C=O) groups is 1. The van der Waals surface area contributed by atoms with E-state index in [9.17, 15) is 4.79 Å². The van der Waals surface area contributed by atoms with Crippen molar-refractivity contribution >= 4 is 6.09 Å². The number of hydrogen-bond acceptors (Lipinski definition) is 3. The smallest absolute Gasteiger partial charge is 0.409 e. The van der Waals surface area contributed by atoms with Crippen molar-refractivity contribution in [3.63, 3.8) is 0 Å². The first-order valence-corrected chi connectivity index (χ1v) is 8.79.